The Labute approximate surface area is 128 Å². The van der Waals surface area contributed by atoms with Crippen LogP contribution in [0, 0.1) is 6.92 Å². The molecule has 3 nitrogen and oxygen atoms in total. The van der Waals surface area contributed by atoms with Gasteiger partial charge in [0.2, 0.25) is 0 Å². The summed E-state index contributed by atoms with van der Waals surface area (Å²) < 4.78 is 40.4. The Bertz CT molecular complexity index is 664. The fraction of sp³-hybridized carbons (Fsp3) is 0.231. The number of hydrogen-bond donors (Lipinski definition) is 0. The summed E-state index contributed by atoms with van der Waals surface area (Å²) in [5.41, 5.74) is 1.82. The van der Waals surface area contributed by atoms with Crippen LogP contribution in [-0.4, -0.2) is 22.6 Å². The van der Waals surface area contributed by atoms with E-state index in [0.29, 0.717) is 22.0 Å². The van der Waals surface area contributed by atoms with Crippen molar-refractivity contribution in [3.05, 3.63) is 35.0 Å². The van der Waals surface area contributed by atoms with Crippen molar-refractivity contribution in [1.82, 2.24) is 9.97 Å². The standard InChI is InChI=1S/C13H10ClF3N2OS/c1-7-5-8(20-13(15,16)17)3-4-9(7)10-6-11(14)19-12(18-10)21-2/h3-6H,1-2H3. The van der Waals surface area contributed by atoms with E-state index in [2.05, 4.69) is 14.7 Å². The van der Waals surface area contributed by atoms with Crippen molar-refractivity contribution in [2.75, 3.05) is 6.26 Å². The van der Waals surface area contributed by atoms with Gasteiger partial charge in [-0.3, -0.25) is 0 Å². The first-order chi connectivity index (χ1) is 9.78. The maximum atomic E-state index is 12.2. The van der Waals surface area contributed by atoms with E-state index in [0.717, 1.165) is 0 Å². The van der Waals surface area contributed by atoms with Crippen molar-refractivity contribution in [2.45, 2.75) is 18.4 Å². The number of ether oxygens (including phenoxy) is 1. The van der Waals surface area contributed by atoms with E-state index < -0.39 is 6.36 Å². The molecule has 0 atom stereocenters. The molecule has 21 heavy (non-hydrogen) atoms. The third-order valence-electron chi connectivity index (χ3n) is 2.56. The molecular weight excluding hydrogens is 325 g/mol. The third kappa shape index (κ3) is 4.25. The van der Waals surface area contributed by atoms with Crippen molar-refractivity contribution in [3.8, 4) is 17.0 Å². The predicted molar refractivity (Wildman–Crippen MR) is 75.7 cm³/mol. The van der Waals surface area contributed by atoms with E-state index in [9.17, 15) is 13.2 Å². The highest BCUT2D eigenvalue weighted by Gasteiger charge is 2.31. The van der Waals surface area contributed by atoms with Crippen LogP contribution in [0.4, 0.5) is 13.2 Å². The van der Waals surface area contributed by atoms with Crippen molar-refractivity contribution >= 4 is 23.4 Å². The molecule has 1 aromatic carbocycles. The highest BCUT2D eigenvalue weighted by molar-refractivity contribution is 7.98. The molecular formula is C13H10ClF3N2OS. The molecule has 1 heterocycles. The largest absolute Gasteiger partial charge is 0.573 e. The van der Waals surface area contributed by atoms with Crippen LogP contribution >= 0.6 is 23.4 Å². The third-order valence-corrected chi connectivity index (χ3v) is 3.31. The van der Waals surface area contributed by atoms with Gasteiger partial charge in [0.05, 0.1) is 5.69 Å². The van der Waals surface area contributed by atoms with Crippen LogP contribution in [0.3, 0.4) is 0 Å². The number of rotatable bonds is 3. The van der Waals surface area contributed by atoms with Gasteiger partial charge in [0.15, 0.2) is 5.16 Å². The average Bonchev–Trinajstić information content (AvgIpc) is 2.36. The molecule has 0 amide bonds. The lowest BCUT2D eigenvalue weighted by Gasteiger charge is -2.12. The lowest BCUT2D eigenvalue weighted by Crippen LogP contribution is -2.17. The monoisotopic (exact) mass is 334 g/mol. The zero-order valence-corrected chi connectivity index (χ0v) is 12.6. The fourth-order valence-corrected chi connectivity index (χ4v) is 2.36. The van der Waals surface area contributed by atoms with Crippen molar-refractivity contribution < 1.29 is 17.9 Å². The summed E-state index contributed by atoms with van der Waals surface area (Å²) in [5, 5.41) is 0.770. The lowest BCUT2D eigenvalue weighted by atomic mass is 10.1. The van der Waals surface area contributed by atoms with Crippen LogP contribution in [0.15, 0.2) is 29.4 Å². The summed E-state index contributed by atoms with van der Waals surface area (Å²) in [7, 11) is 0. The predicted octanol–water partition coefficient (Wildman–Crippen LogP) is 4.73. The average molecular weight is 335 g/mol. The zero-order chi connectivity index (χ0) is 15.6. The Morgan fingerprint density at radius 1 is 1.19 bits per heavy atom. The summed E-state index contributed by atoms with van der Waals surface area (Å²) in [6.45, 7) is 1.67. The molecule has 2 aromatic rings. The van der Waals surface area contributed by atoms with Crippen LogP contribution in [0.25, 0.3) is 11.3 Å². The molecule has 0 fully saturated rings. The van der Waals surface area contributed by atoms with Gasteiger partial charge < -0.3 is 4.74 Å². The van der Waals surface area contributed by atoms with Gasteiger partial charge in [0, 0.05) is 11.6 Å². The van der Waals surface area contributed by atoms with E-state index in [-0.39, 0.29) is 10.9 Å². The Kier molecular flexibility index (Phi) is 4.63. The molecule has 0 aliphatic heterocycles. The smallest absolute Gasteiger partial charge is 0.406 e. The van der Waals surface area contributed by atoms with Crippen LogP contribution < -0.4 is 4.74 Å². The minimum atomic E-state index is -4.71. The molecule has 0 spiro atoms. The summed E-state index contributed by atoms with van der Waals surface area (Å²) in [6, 6.07) is 5.62. The molecule has 0 bridgehead atoms. The second-order valence-corrected chi connectivity index (χ2v) is 5.25. The Morgan fingerprint density at radius 2 is 1.90 bits per heavy atom. The number of halogens is 4. The van der Waals surface area contributed by atoms with Gasteiger partial charge in [0.1, 0.15) is 10.9 Å². The highest BCUT2D eigenvalue weighted by Crippen LogP contribution is 2.30. The number of hydrogen-bond acceptors (Lipinski definition) is 4. The molecule has 2 rings (SSSR count). The van der Waals surface area contributed by atoms with E-state index in [1.165, 1.54) is 30.0 Å². The number of aryl methyl sites for hydroxylation is 1. The quantitative estimate of drug-likeness (QED) is 0.462. The second kappa shape index (κ2) is 6.11. The van der Waals surface area contributed by atoms with Crippen molar-refractivity contribution in [3.63, 3.8) is 0 Å². The van der Waals surface area contributed by atoms with E-state index in [1.807, 2.05) is 6.26 Å². The number of thioether (sulfide) groups is 1. The summed E-state index contributed by atoms with van der Waals surface area (Å²) >= 11 is 7.24. The molecule has 0 aliphatic carbocycles. The molecule has 0 unspecified atom stereocenters. The van der Waals surface area contributed by atoms with Gasteiger partial charge in [-0.25, -0.2) is 9.97 Å². The molecule has 0 saturated carbocycles. The van der Waals surface area contributed by atoms with Gasteiger partial charge in [-0.2, -0.15) is 0 Å². The second-order valence-electron chi connectivity index (χ2n) is 4.09. The van der Waals surface area contributed by atoms with Crippen LogP contribution in [-0.2, 0) is 0 Å². The first-order valence-electron chi connectivity index (χ1n) is 5.74. The van der Waals surface area contributed by atoms with Gasteiger partial charge in [-0.15, -0.1) is 13.2 Å². The molecule has 0 N–H and O–H groups in total. The Morgan fingerprint density at radius 3 is 2.48 bits per heavy atom. The zero-order valence-electron chi connectivity index (χ0n) is 11.0. The SMILES string of the molecule is CSc1nc(Cl)cc(-c2ccc(OC(F)(F)F)cc2C)n1. The molecule has 8 heteroatoms. The summed E-state index contributed by atoms with van der Waals surface area (Å²) in [6.07, 6.45) is -2.90. The van der Waals surface area contributed by atoms with Crippen LogP contribution in [0.2, 0.25) is 5.15 Å². The number of benzene rings is 1. The first-order valence-corrected chi connectivity index (χ1v) is 7.34. The molecule has 0 aliphatic rings. The van der Waals surface area contributed by atoms with Crippen molar-refractivity contribution in [2.24, 2.45) is 0 Å². The number of nitrogens with zero attached hydrogens (tertiary/aromatic N) is 2. The minimum Gasteiger partial charge on any atom is -0.406 e. The maximum absolute atomic E-state index is 12.2. The lowest BCUT2D eigenvalue weighted by molar-refractivity contribution is -0.274. The molecule has 0 radical (unpaired) electrons. The fourth-order valence-electron chi connectivity index (χ4n) is 1.75. The topological polar surface area (TPSA) is 35.0 Å². The van der Waals surface area contributed by atoms with Crippen LogP contribution in [0.5, 0.6) is 5.75 Å². The summed E-state index contributed by atoms with van der Waals surface area (Å²) in [4.78, 5) is 8.31. The van der Waals surface area contributed by atoms with Crippen molar-refractivity contribution in [1.29, 1.82) is 0 Å². The minimum absolute atomic E-state index is 0.269. The molecule has 112 valence electrons. The Hall–Kier alpha value is -1.47. The summed E-state index contributed by atoms with van der Waals surface area (Å²) in [5.74, 6) is -0.269. The molecule has 1 aromatic heterocycles. The van der Waals surface area contributed by atoms with Gasteiger partial charge in [0.25, 0.3) is 0 Å². The normalized spacial score (nSPS) is 11.5. The van der Waals surface area contributed by atoms with Gasteiger partial charge >= 0.3 is 6.36 Å². The molecule has 0 saturated heterocycles. The highest BCUT2D eigenvalue weighted by atomic mass is 35.5. The maximum Gasteiger partial charge on any atom is 0.573 e. The number of alkyl halides is 3. The van der Waals surface area contributed by atoms with E-state index in [1.54, 1.807) is 13.0 Å². The Balaban J connectivity index is 2.39. The van der Waals surface area contributed by atoms with E-state index >= 15 is 0 Å². The number of aromatic nitrogens is 2. The van der Waals surface area contributed by atoms with Gasteiger partial charge in [-0.05, 0) is 36.9 Å². The van der Waals surface area contributed by atoms with E-state index in [4.69, 9.17) is 11.6 Å². The first kappa shape index (κ1) is 15.9. The van der Waals surface area contributed by atoms with Gasteiger partial charge in [-0.1, -0.05) is 23.4 Å². The van der Waals surface area contributed by atoms with Crippen LogP contribution in [0.1, 0.15) is 5.56 Å².